The lowest BCUT2D eigenvalue weighted by molar-refractivity contribution is 0.0940. The van der Waals surface area contributed by atoms with Crippen LogP contribution in [0.4, 0.5) is 0 Å². The molecule has 110 valence electrons. The van der Waals surface area contributed by atoms with Gasteiger partial charge in [0.25, 0.3) is 0 Å². The van der Waals surface area contributed by atoms with Crippen molar-refractivity contribution < 1.29 is 4.74 Å². The van der Waals surface area contributed by atoms with Crippen molar-refractivity contribution in [2.45, 2.75) is 77.3 Å². The van der Waals surface area contributed by atoms with Crippen LogP contribution in [-0.4, -0.2) is 24.8 Å². The minimum atomic E-state index is -0.370. The summed E-state index contributed by atoms with van der Waals surface area (Å²) in [4.78, 5) is 0. The van der Waals surface area contributed by atoms with Gasteiger partial charge in [-0.3, -0.25) is 5.32 Å². The summed E-state index contributed by atoms with van der Waals surface area (Å²) in [5, 5.41) is 12.8. The Morgan fingerprint density at radius 1 is 1.37 bits per heavy atom. The first-order valence-corrected chi connectivity index (χ1v) is 7.88. The molecule has 3 heteroatoms. The number of nitrogens with one attached hydrogen (secondary N) is 1. The molecule has 0 heterocycles. The molecule has 0 aromatic rings. The van der Waals surface area contributed by atoms with Crippen LogP contribution in [0, 0.1) is 17.2 Å². The normalized spacial score (nSPS) is 19.5. The van der Waals surface area contributed by atoms with E-state index in [4.69, 9.17) is 4.74 Å². The molecule has 1 fully saturated rings. The van der Waals surface area contributed by atoms with E-state index >= 15 is 0 Å². The Hall–Kier alpha value is -0.590. The summed E-state index contributed by atoms with van der Waals surface area (Å²) in [6.07, 6.45) is 8.12. The van der Waals surface area contributed by atoms with E-state index in [1.165, 1.54) is 25.7 Å². The summed E-state index contributed by atoms with van der Waals surface area (Å²) < 4.78 is 5.77. The second-order valence-corrected chi connectivity index (χ2v) is 6.18. The minimum absolute atomic E-state index is 0.346. The van der Waals surface area contributed by atoms with Gasteiger partial charge in [-0.25, -0.2) is 0 Å². The monoisotopic (exact) mass is 266 g/mol. The lowest BCUT2D eigenvalue weighted by Crippen LogP contribution is -2.47. The van der Waals surface area contributed by atoms with Crippen molar-refractivity contribution in [3.63, 3.8) is 0 Å². The third-order valence-corrected chi connectivity index (χ3v) is 4.10. The highest BCUT2D eigenvalue weighted by molar-refractivity contribution is 5.06. The molecule has 0 bridgehead atoms. The summed E-state index contributed by atoms with van der Waals surface area (Å²) in [7, 11) is 0. The number of nitrogens with zero attached hydrogens (tertiary/aromatic N) is 1. The van der Waals surface area contributed by atoms with E-state index in [1.54, 1.807) is 0 Å². The first kappa shape index (κ1) is 16.5. The van der Waals surface area contributed by atoms with Crippen LogP contribution in [0.5, 0.6) is 0 Å². The zero-order valence-electron chi connectivity index (χ0n) is 12.9. The van der Waals surface area contributed by atoms with Crippen molar-refractivity contribution in [3.05, 3.63) is 0 Å². The molecule has 1 unspecified atom stereocenters. The second-order valence-electron chi connectivity index (χ2n) is 6.18. The predicted molar refractivity (Wildman–Crippen MR) is 78.9 cm³/mol. The fourth-order valence-corrected chi connectivity index (χ4v) is 2.97. The van der Waals surface area contributed by atoms with Crippen LogP contribution < -0.4 is 5.32 Å². The summed E-state index contributed by atoms with van der Waals surface area (Å²) in [5.74, 6) is 0.792. The second kappa shape index (κ2) is 8.55. The van der Waals surface area contributed by atoms with E-state index in [0.29, 0.717) is 6.04 Å². The van der Waals surface area contributed by atoms with Gasteiger partial charge in [0.2, 0.25) is 0 Å². The average Bonchev–Trinajstić information content (AvgIpc) is 2.89. The zero-order chi connectivity index (χ0) is 14.1. The fraction of sp³-hybridized carbons (Fsp3) is 0.938. The summed E-state index contributed by atoms with van der Waals surface area (Å²) in [6.45, 7) is 7.98. The molecule has 0 radical (unpaired) electrons. The van der Waals surface area contributed by atoms with Crippen molar-refractivity contribution in [2.75, 3.05) is 13.2 Å². The van der Waals surface area contributed by atoms with Crippen LogP contribution >= 0.6 is 0 Å². The number of rotatable bonds is 9. The van der Waals surface area contributed by atoms with Crippen LogP contribution in [0.1, 0.15) is 65.7 Å². The number of ether oxygens (including phenoxy) is 1. The Labute approximate surface area is 118 Å². The molecule has 0 saturated heterocycles. The number of hydrogen-bond donors (Lipinski definition) is 1. The SMILES string of the molecule is CCC(C#N)(CCCOCC1CCCC1)NC(C)C. The zero-order valence-corrected chi connectivity index (χ0v) is 12.9. The first-order valence-electron chi connectivity index (χ1n) is 7.88. The molecule has 1 atom stereocenters. The standard InChI is InChI=1S/C16H30N2O/c1-4-16(13-17,18-14(2)3)10-7-11-19-12-15-8-5-6-9-15/h14-15,18H,4-12H2,1-3H3. The van der Waals surface area contributed by atoms with E-state index in [2.05, 4.69) is 32.2 Å². The summed E-state index contributed by atoms with van der Waals surface area (Å²) in [6, 6.07) is 2.81. The van der Waals surface area contributed by atoms with E-state index < -0.39 is 0 Å². The van der Waals surface area contributed by atoms with Gasteiger partial charge in [0.15, 0.2) is 0 Å². The van der Waals surface area contributed by atoms with Crippen molar-refractivity contribution in [3.8, 4) is 6.07 Å². The van der Waals surface area contributed by atoms with Gasteiger partial charge in [-0.15, -0.1) is 0 Å². The van der Waals surface area contributed by atoms with Gasteiger partial charge >= 0.3 is 0 Å². The highest BCUT2D eigenvalue weighted by Crippen LogP contribution is 2.25. The van der Waals surface area contributed by atoms with E-state index in [1.807, 2.05) is 0 Å². The Morgan fingerprint density at radius 3 is 2.58 bits per heavy atom. The van der Waals surface area contributed by atoms with Gasteiger partial charge in [0, 0.05) is 19.3 Å². The molecule has 0 aliphatic heterocycles. The maximum Gasteiger partial charge on any atom is 0.106 e. The fourth-order valence-electron chi connectivity index (χ4n) is 2.97. The van der Waals surface area contributed by atoms with Crippen LogP contribution in [0.3, 0.4) is 0 Å². The summed E-state index contributed by atoms with van der Waals surface area (Å²) in [5.41, 5.74) is -0.370. The van der Waals surface area contributed by atoms with Crippen molar-refractivity contribution in [1.82, 2.24) is 5.32 Å². The molecule has 1 rings (SSSR count). The molecule has 1 aliphatic carbocycles. The molecule has 0 aromatic carbocycles. The molecule has 0 spiro atoms. The molecular weight excluding hydrogens is 236 g/mol. The van der Waals surface area contributed by atoms with Gasteiger partial charge < -0.3 is 4.74 Å². The number of nitriles is 1. The molecular formula is C16H30N2O. The average molecular weight is 266 g/mol. The van der Waals surface area contributed by atoms with Crippen LogP contribution in [-0.2, 0) is 4.74 Å². The van der Waals surface area contributed by atoms with Crippen LogP contribution in [0.25, 0.3) is 0 Å². The quantitative estimate of drug-likeness (QED) is 0.648. The lowest BCUT2D eigenvalue weighted by Gasteiger charge is -2.29. The Balaban J connectivity index is 2.19. The maximum atomic E-state index is 9.40. The van der Waals surface area contributed by atoms with Crippen LogP contribution in [0.15, 0.2) is 0 Å². The van der Waals surface area contributed by atoms with E-state index in [0.717, 1.165) is 38.4 Å². The highest BCUT2D eigenvalue weighted by atomic mass is 16.5. The van der Waals surface area contributed by atoms with Crippen molar-refractivity contribution in [1.29, 1.82) is 5.26 Å². The Kier molecular flexibility index (Phi) is 7.41. The molecule has 1 saturated carbocycles. The van der Waals surface area contributed by atoms with Gasteiger partial charge in [-0.2, -0.15) is 5.26 Å². The third-order valence-electron chi connectivity index (χ3n) is 4.10. The first-order chi connectivity index (χ1) is 9.12. The smallest absolute Gasteiger partial charge is 0.106 e. The van der Waals surface area contributed by atoms with E-state index in [-0.39, 0.29) is 5.54 Å². The molecule has 0 aromatic heterocycles. The number of hydrogen-bond acceptors (Lipinski definition) is 3. The maximum absolute atomic E-state index is 9.40. The van der Waals surface area contributed by atoms with Gasteiger partial charge in [-0.05, 0) is 51.9 Å². The topological polar surface area (TPSA) is 45.0 Å². The molecule has 3 nitrogen and oxygen atoms in total. The van der Waals surface area contributed by atoms with Gasteiger partial charge in [0.1, 0.15) is 5.54 Å². The van der Waals surface area contributed by atoms with Gasteiger partial charge in [-0.1, -0.05) is 19.8 Å². The largest absolute Gasteiger partial charge is 0.381 e. The molecule has 1 aliphatic rings. The van der Waals surface area contributed by atoms with Gasteiger partial charge in [0.05, 0.1) is 6.07 Å². The Morgan fingerprint density at radius 2 is 2.05 bits per heavy atom. The minimum Gasteiger partial charge on any atom is -0.381 e. The van der Waals surface area contributed by atoms with Crippen molar-refractivity contribution in [2.24, 2.45) is 5.92 Å². The highest BCUT2D eigenvalue weighted by Gasteiger charge is 2.27. The predicted octanol–water partition coefficient (Wildman–Crippen LogP) is 3.64. The molecule has 19 heavy (non-hydrogen) atoms. The lowest BCUT2D eigenvalue weighted by atomic mass is 9.91. The molecule has 0 amide bonds. The third kappa shape index (κ3) is 5.93. The Bertz CT molecular complexity index is 279. The molecule has 1 N–H and O–H groups in total. The van der Waals surface area contributed by atoms with E-state index in [9.17, 15) is 5.26 Å². The van der Waals surface area contributed by atoms with Crippen molar-refractivity contribution >= 4 is 0 Å². The van der Waals surface area contributed by atoms with Crippen LogP contribution in [0.2, 0.25) is 0 Å². The summed E-state index contributed by atoms with van der Waals surface area (Å²) >= 11 is 0.